The number of likely N-dealkylation sites (tertiary alicyclic amines) is 1. The van der Waals surface area contributed by atoms with Gasteiger partial charge in [0, 0.05) is 19.2 Å². The van der Waals surface area contributed by atoms with Crippen molar-refractivity contribution in [1.82, 2.24) is 4.90 Å². The van der Waals surface area contributed by atoms with Crippen LogP contribution in [0.5, 0.6) is 0 Å². The summed E-state index contributed by atoms with van der Waals surface area (Å²) in [6.45, 7) is 1.27. The van der Waals surface area contributed by atoms with E-state index in [2.05, 4.69) is 24.3 Å². The van der Waals surface area contributed by atoms with Gasteiger partial charge in [-0.2, -0.15) is 0 Å². The lowest BCUT2D eigenvalue weighted by molar-refractivity contribution is -0.148. The van der Waals surface area contributed by atoms with Crippen LogP contribution in [-0.4, -0.2) is 36.5 Å². The highest BCUT2D eigenvalue weighted by molar-refractivity contribution is 5.89. The second kappa shape index (κ2) is 9.72. The standard InChI is InChI=1S/C23H25NO3/c25-22(18-27-23(26)12-11-19-7-3-1-4-8-19)24-15-13-21(14-16-24)17-20-9-5-2-6-10-20/h1-12,21H,13-18H2/b12-11+. The molecule has 1 aliphatic rings. The van der Waals surface area contributed by atoms with Crippen molar-refractivity contribution in [3.8, 4) is 0 Å². The van der Waals surface area contributed by atoms with Crippen LogP contribution >= 0.6 is 0 Å². The molecule has 0 unspecified atom stereocenters. The maximum Gasteiger partial charge on any atom is 0.331 e. The first-order chi connectivity index (χ1) is 13.2. The zero-order valence-corrected chi connectivity index (χ0v) is 15.4. The van der Waals surface area contributed by atoms with Gasteiger partial charge in [0.15, 0.2) is 6.61 Å². The zero-order valence-electron chi connectivity index (χ0n) is 15.4. The molecule has 27 heavy (non-hydrogen) atoms. The largest absolute Gasteiger partial charge is 0.452 e. The normalized spacial score (nSPS) is 15.0. The number of piperidine rings is 1. The van der Waals surface area contributed by atoms with Crippen LogP contribution in [-0.2, 0) is 20.7 Å². The number of nitrogens with zero attached hydrogens (tertiary/aromatic N) is 1. The Labute approximate surface area is 160 Å². The molecule has 0 aliphatic carbocycles. The minimum atomic E-state index is -0.494. The lowest BCUT2D eigenvalue weighted by atomic mass is 9.90. The van der Waals surface area contributed by atoms with Crippen molar-refractivity contribution in [2.75, 3.05) is 19.7 Å². The third-order valence-electron chi connectivity index (χ3n) is 4.88. The van der Waals surface area contributed by atoms with Gasteiger partial charge in [0.25, 0.3) is 5.91 Å². The number of carbonyl (C=O) groups excluding carboxylic acids is 2. The van der Waals surface area contributed by atoms with Crippen molar-refractivity contribution in [3.63, 3.8) is 0 Å². The SMILES string of the molecule is O=C(/C=C/c1ccccc1)OCC(=O)N1CCC(Cc2ccccc2)CC1. The summed E-state index contributed by atoms with van der Waals surface area (Å²) in [4.78, 5) is 25.8. The molecule has 0 aromatic heterocycles. The molecule has 0 saturated carbocycles. The molecule has 4 nitrogen and oxygen atoms in total. The molecule has 1 aliphatic heterocycles. The topological polar surface area (TPSA) is 46.6 Å². The number of hydrogen-bond donors (Lipinski definition) is 0. The number of ether oxygens (including phenoxy) is 1. The smallest absolute Gasteiger partial charge is 0.331 e. The molecule has 1 saturated heterocycles. The predicted octanol–water partition coefficient (Wildman–Crippen LogP) is 3.72. The molecular weight excluding hydrogens is 338 g/mol. The average molecular weight is 363 g/mol. The Bertz CT molecular complexity index is 763. The third kappa shape index (κ3) is 6.10. The highest BCUT2D eigenvalue weighted by Gasteiger charge is 2.23. The molecule has 0 atom stereocenters. The fraction of sp³-hybridized carbons (Fsp3) is 0.304. The fourth-order valence-electron chi connectivity index (χ4n) is 3.33. The molecule has 4 heteroatoms. The van der Waals surface area contributed by atoms with Crippen LogP contribution in [0.15, 0.2) is 66.7 Å². The molecule has 0 spiro atoms. The third-order valence-corrected chi connectivity index (χ3v) is 4.88. The van der Waals surface area contributed by atoms with E-state index in [0.717, 1.165) is 37.9 Å². The van der Waals surface area contributed by atoms with Crippen molar-refractivity contribution >= 4 is 18.0 Å². The van der Waals surface area contributed by atoms with E-state index in [9.17, 15) is 9.59 Å². The van der Waals surface area contributed by atoms with Gasteiger partial charge in [-0.15, -0.1) is 0 Å². The first-order valence-corrected chi connectivity index (χ1v) is 9.42. The molecule has 0 radical (unpaired) electrons. The van der Waals surface area contributed by atoms with Crippen LogP contribution in [0.1, 0.15) is 24.0 Å². The van der Waals surface area contributed by atoms with Crippen molar-refractivity contribution in [2.24, 2.45) is 5.92 Å². The Morgan fingerprint density at radius 3 is 2.26 bits per heavy atom. The lowest BCUT2D eigenvalue weighted by Gasteiger charge is -2.32. The number of esters is 1. The van der Waals surface area contributed by atoms with Crippen LogP contribution < -0.4 is 0 Å². The van der Waals surface area contributed by atoms with Gasteiger partial charge in [-0.3, -0.25) is 4.79 Å². The van der Waals surface area contributed by atoms with E-state index in [1.54, 1.807) is 11.0 Å². The molecule has 1 amide bonds. The van der Waals surface area contributed by atoms with E-state index < -0.39 is 5.97 Å². The Kier molecular flexibility index (Phi) is 6.80. The molecule has 0 bridgehead atoms. The molecule has 1 heterocycles. The van der Waals surface area contributed by atoms with E-state index in [1.165, 1.54) is 11.6 Å². The number of hydrogen-bond acceptors (Lipinski definition) is 3. The van der Waals surface area contributed by atoms with Crippen LogP contribution in [0.25, 0.3) is 6.08 Å². The second-order valence-corrected chi connectivity index (χ2v) is 6.87. The summed E-state index contributed by atoms with van der Waals surface area (Å²) in [6.07, 6.45) is 6.07. The van der Waals surface area contributed by atoms with E-state index in [0.29, 0.717) is 5.92 Å². The first kappa shape index (κ1) is 18.9. The van der Waals surface area contributed by atoms with Crippen LogP contribution in [0.4, 0.5) is 0 Å². The van der Waals surface area contributed by atoms with Crippen molar-refractivity contribution in [2.45, 2.75) is 19.3 Å². The van der Waals surface area contributed by atoms with Gasteiger partial charge in [-0.05, 0) is 42.4 Å². The lowest BCUT2D eigenvalue weighted by Crippen LogP contribution is -2.41. The summed E-state index contributed by atoms with van der Waals surface area (Å²) < 4.78 is 5.08. The Balaban J connectivity index is 1.38. The average Bonchev–Trinajstić information content (AvgIpc) is 2.72. The summed E-state index contributed by atoms with van der Waals surface area (Å²) in [6, 6.07) is 20.0. The second-order valence-electron chi connectivity index (χ2n) is 6.87. The van der Waals surface area contributed by atoms with E-state index in [1.807, 2.05) is 36.4 Å². The number of rotatable bonds is 6. The van der Waals surface area contributed by atoms with E-state index in [-0.39, 0.29) is 12.5 Å². The van der Waals surface area contributed by atoms with Crippen molar-refractivity contribution in [1.29, 1.82) is 0 Å². The van der Waals surface area contributed by atoms with Gasteiger partial charge in [0.2, 0.25) is 0 Å². The van der Waals surface area contributed by atoms with Gasteiger partial charge < -0.3 is 9.64 Å². The van der Waals surface area contributed by atoms with Crippen molar-refractivity contribution < 1.29 is 14.3 Å². The van der Waals surface area contributed by atoms with Gasteiger partial charge in [0.05, 0.1) is 0 Å². The summed E-state index contributed by atoms with van der Waals surface area (Å²) in [5, 5.41) is 0. The van der Waals surface area contributed by atoms with Crippen molar-refractivity contribution in [3.05, 3.63) is 77.9 Å². The highest BCUT2D eigenvalue weighted by Crippen LogP contribution is 2.21. The molecule has 2 aromatic carbocycles. The fourth-order valence-corrected chi connectivity index (χ4v) is 3.33. The number of benzene rings is 2. The van der Waals surface area contributed by atoms with Crippen LogP contribution in [0.2, 0.25) is 0 Å². The zero-order chi connectivity index (χ0) is 18.9. The molecular formula is C23H25NO3. The minimum Gasteiger partial charge on any atom is -0.452 e. The number of carbonyl (C=O) groups is 2. The molecule has 1 fully saturated rings. The molecule has 2 aromatic rings. The first-order valence-electron chi connectivity index (χ1n) is 9.42. The summed E-state index contributed by atoms with van der Waals surface area (Å²) in [5.74, 6) is -0.00593. The minimum absolute atomic E-state index is 0.116. The van der Waals surface area contributed by atoms with Crippen LogP contribution in [0.3, 0.4) is 0 Å². The maximum absolute atomic E-state index is 12.3. The highest BCUT2D eigenvalue weighted by atomic mass is 16.5. The van der Waals surface area contributed by atoms with Gasteiger partial charge in [0.1, 0.15) is 0 Å². The van der Waals surface area contributed by atoms with E-state index >= 15 is 0 Å². The maximum atomic E-state index is 12.3. The Hall–Kier alpha value is -2.88. The summed E-state index contributed by atoms with van der Waals surface area (Å²) in [5.41, 5.74) is 2.27. The van der Waals surface area contributed by atoms with Crippen LogP contribution in [0, 0.1) is 5.92 Å². The Morgan fingerprint density at radius 1 is 0.963 bits per heavy atom. The van der Waals surface area contributed by atoms with Gasteiger partial charge in [-0.25, -0.2) is 4.79 Å². The molecule has 0 N–H and O–H groups in total. The van der Waals surface area contributed by atoms with Gasteiger partial charge in [-0.1, -0.05) is 60.7 Å². The quantitative estimate of drug-likeness (QED) is 0.580. The predicted molar refractivity (Wildman–Crippen MR) is 106 cm³/mol. The Morgan fingerprint density at radius 2 is 1.59 bits per heavy atom. The van der Waals surface area contributed by atoms with Gasteiger partial charge >= 0.3 is 5.97 Å². The monoisotopic (exact) mass is 363 g/mol. The molecule has 3 rings (SSSR count). The number of amides is 1. The summed E-state index contributed by atoms with van der Waals surface area (Å²) in [7, 11) is 0. The molecule has 140 valence electrons. The van der Waals surface area contributed by atoms with E-state index in [4.69, 9.17) is 4.74 Å². The summed E-state index contributed by atoms with van der Waals surface area (Å²) >= 11 is 0.